The summed E-state index contributed by atoms with van der Waals surface area (Å²) in [5.74, 6) is -2.80. The molecule has 0 spiro atoms. The van der Waals surface area contributed by atoms with Crippen LogP contribution in [0.2, 0.25) is 0 Å². The van der Waals surface area contributed by atoms with Crippen LogP contribution >= 0.6 is 12.2 Å². The molecule has 3 N–H and O–H groups in total. The van der Waals surface area contributed by atoms with Gasteiger partial charge in [-0.15, -0.1) is 0 Å². The lowest BCUT2D eigenvalue weighted by atomic mass is 9.84. The van der Waals surface area contributed by atoms with E-state index in [2.05, 4.69) is 5.32 Å². The minimum atomic E-state index is -5.17. The number of rotatable bonds is 3. The number of hydrogen-bond donors (Lipinski definition) is 3. The summed E-state index contributed by atoms with van der Waals surface area (Å²) in [6, 6.07) is 1.60. The number of carbonyl (C=O) groups is 1. The van der Waals surface area contributed by atoms with Gasteiger partial charge in [0.05, 0.1) is 6.61 Å². The van der Waals surface area contributed by atoms with E-state index in [4.69, 9.17) is 21.4 Å². The van der Waals surface area contributed by atoms with Gasteiger partial charge in [-0.1, -0.05) is 0 Å². The van der Waals surface area contributed by atoms with Crippen LogP contribution in [0, 0.1) is 12.8 Å². The molecule has 3 atom stereocenters. The van der Waals surface area contributed by atoms with Gasteiger partial charge in [-0.2, -0.15) is 13.2 Å². The molecule has 6 nitrogen and oxygen atoms in total. The molecule has 1 aromatic rings. The van der Waals surface area contributed by atoms with E-state index in [1.54, 1.807) is 12.2 Å². The normalized spacial score (nSPS) is 28.0. The quantitative estimate of drug-likeness (QED) is 0.562. The van der Waals surface area contributed by atoms with Crippen molar-refractivity contribution in [2.24, 2.45) is 5.92 Å². The largest absolute Gasteiger partial charge is 0.466 e. The average Bonchev–Trinajstić information content (AvgIpc) is 2.83. The fraction of sp³-hybridized carbons (Fsp3) is 0.538. The van der Waals surface area contributed by atoms with E-state index in [1.165, 1.54) is 19.1 Å². The van der Waals surface area contributed by atoms with Gasteiger partial charge in [-0.05, 0) is 38.2 Å². The number of furan rings is 1. The maximum absolute atomic E-state index is 13.4. The molecule has 0 amide bonds. The smallest absolute Gasteiger partial charge is 0.437 e. The maximum Gasteiger partial charge on any atom is 0.437 e. The van der Waals surface area contributed by atoms with E-state index >= 15 is 0 Å². The van der Waals surface area contributed by atoms with E-state index in [9.17, 15) is 23.1 Å². The van der Waals surface area contributed by atoms with Gasteiger partial charge in [0.25, 0.3) is 5.72 Å². The molecule has 1 aliphatic heterocycles. The van der Waals surface area contributed by atoms with E-state index in [0.717, 1.165) is 0 Å². The fourth-order valence-corrected chi connectivity index (χ4v) is 2.68. The number of aryl methyl sites for hydroxylation is 1. The number of ether oxygens (including phenoxy) is 1. The first-order valence-corrected chi connectivity index (χ1v) is 7.11. The van der Waals surface area contributed by atoms with Crippen LogP contribution in [0.5, 0.6) is 0 Å². The second kappa shape index (κ2) is 6.00. The number of esters is 1. The maximum atomic E-state index is 13.4. The summed E-state index contributed by atoms with van der Waals surface area (Å²) in [4.78, 5) is 12.1. The summed E-state index contributed by atoms with van der Waals surface area (Å²) >= 11 is 4.74. The lowest BCUT2D eigenvalue weighted by Crippen LogP contribution is -2.72. The van der Waals surface area contributed by atoms with Crippen LogP contribution in [0.4, 0.5) is 13.2 Å². The van der Waals surface area contributed by atoms with Crippen LogP contribution in [0.25, 0.3) is 0 Å². The number of carbonyl (C=O) groups excluding carboxylic acids is 1. The second-order valence-corrected chi connectivity index (χ2v) is 5.43. The molecule has 0 bridgehead atoms. The van der Waals surface area contributed by atoms with Gasteiger partial charge in [-0.25, -0.2) is 0 Å². The van der Waals surface area contributed by atoms with Crippen LogP contribution in [0.1, 0.15) is 24.5 Å². The summed E-state index contributed by atoms with van der Waals surface area (Å²) in [6.45, 7) is 2.90. The summed E-state index contributed by atoms with van der Waals surface area (Å²) in [6.07, 6.45) is -5.17. The summed E-state index contributed by atoms with van der Waals surface area (Å²) in [5.41, 5.74) is -3.58. The molecule has 0 saturated carbocycles. The molecular formula is C13H15F3N2O4S. The summed E-state index contributed by atoms with van der Waals surface area (Å²) < 4.78 is 50.2. The second-order valence-electron chi connectivity index (χ2n) is 5.02. The number of aliphatic hydroxyl groups is 1. The van der Waals surface area contributed by atoms with Gasteiger partial charge in [-0.3, -0.25) is 4.79 Å². The molecule has 1 aromatic heterocycles. The molecule has 0 aromatic carbocycles. The topological polar surface area (TPSA) is 83.7 Å². The Labute approximate surface area is 135 Å². The van der Waals surface area contributed by atoms with E-state index in [0.29, 0.717) is 5.76 Å². The third kappa shape index (κ3) is 3.13. The van der Waals surface area contributed by atoms with E-state index in [1.807, 2.05) is 0 Å². The van der Waals surface area contributed by atoms with Gasteiger partial charge < -0.3 is 24.9 Å². The Morgan fingerprint density at radius 3 is 2.65 bits per heavy atom. The molecule has 1 fully saturated rings. The minimum absolute atomic E-state index is 0.0343. The fourth-order valence-electron chi connectivity index (χ4n) is 2.39. The Bertz CT molecular complexity index is 619. The molecule has 2 rings (SSSR count). The van der Waals surface area contributed by atoms with Crippen LogP contribution in [0.3, 0.4) is 0 Å². The number of nitrogens with one attached hydrogen (secondary N) is 2. The lowest BCUT2D eigenvalue weighted by molar-refractivity contribution is -0.292. The third-order valence-corrected chi connectivity index (χ3v) is 3.63. The molecule has 0 aliphatic carbocycles. The molecule has 0 radical (unpaired) electrons. The van der Waals surface area contributed by atoms with Crippen molar-refractivity contribution < 1.29 is 32.2 Å². The van der Waals surface area contributed by atoms with Gasteiger partial charge >= 0.3 is 12.1 Å². The van der Waals surface area contributed by atoms with Gasteiger partial charge in [0.2, 0.25) is 0 Å². The summed E-state index contributed by atoms with van der Waals surface area (Å²) in [7, 11) is 0. The van der Waals surface area contributed by atoms with Crippen molar-refractivity contribution in [1.82, 2.24) is 10.6 Å². The first-order chi connectivity index (χ1) is 10.6. The zero-order valence-corrected chi connectivity index (χ0v) is 13.0. The monoisotopic (exact) mass is 352 g/mol. The Hall–Kier alpha value is -1.81. The highest BCUT2D eigenvalue weighted by atomic mass is 32.1. The predicted octanol–water partition coefficient (Wildman–Crippen LogP) is 1.54. The van der Waals surface area contributed by atoms with Crippen LogP contribution in [0.15, 0.2) is 16.5 Å². The van der Waals surface area contributed by atoms with E-state index < -0.39 is 34.9 Å². The molecule has 0 unspecified atom stereocenters. The van der Waals surface area contributed by atoms with Crippen LogP contribution < -0.4 is 10.6 Å². The molecule has 23 heavy (non-hydrogen) atoms. The van der Waals surface area contributed by atoms with Crippen molar-refractivity contribution >= 4 is 23.3 Å². The molecule has 1 aliphatic rings. The number of thiocarbonyl (C=S) groups is 1. The van der Waals surface area contributed by atoms with Crippen LogP contribution in [-0.2, 0) is 9.53 Å². The highest BCUT2D eigenvalue weighted by Gasteiger charge is 2.67. The SMILES string of the molecule is CCOC(=O)[C@H]1[C@@H](c2ccc(C)o2)NC(=S)N[C@]1(O)C(F)(F)F. The van der Waals surface area contributed by atoms with Crippen molar-refractivity contribution in [1.29, 1.82) is 0 Å². The number of halogens is 3. The number of alkyl halides is 3. The lowest BCUT2D eigenvalue weighted by Gasteiger charge is -2.44. The van der Waals surface area contributed by atoms with E-state index in [-0.39, 0.29) is 12.4 Å². The Morgan fingerprint density at radius 2 is 2.17 bits per heavy atom. The van der Waals surface area contributed by atoms with Gasteiger partial charge in [0.1, 0.15) is 23.5 Å². The molecule has 1 saturated heterocycles. The average molecular weight is 352 g/mol. The molecular weight excluding hydrogens is 337 g/mol. The zero-order chi connectivity index (χ0) is 17.4. The first-order valence-electron chi connectivity index (χ1n) is 6.71. The Balaban J connectivity index is 2.53. The predicted molar refractivity (Wildman–Crippen MR) is 76.2 cm³/mol. The van der Waals surface area contributed by atoms with Crippen molar-refractivity contribution in [3.8, 4) is 0 Å². The third-order valence-electron chi connectivity index (χ3n) is 3.41. The zero-order valence-electron chi connectivity index (χ0n) is 12.2. The highest BCUT2D eigenvalue weighted by molar-refractivity contribution is 7.80. The highest BCUT2D eigenvalue weighted by Crippen LogP contribution is 2.43. The van der Waals surface area contributed by atoms with Gasteiger partial charge in [0, 0.05) is 0 Å². The molecule has 10 heteroatoms. The Kier molecular flexibility index (Phi) is 4.58. The minimum Gasteiger partial charge on any atom is -0.466 e. The molecule has 2 heterocycles. The van der Waals surface area contributed by atoms with Crippen molar-refractivity contribution in [3.63, 3.8) is 0 Å². The number of hydrogen-bond acceptors (Lipinski definition) is 5. The Morgan fingerprint density at radius 1 is 1.52 bits per heavy atom. The molecule has 128 valence electrons. The van der Waals surface area contributed by atoms with Crippen molar-refractivity contribution in [2.45, 2.75) is 31.8 Å². The van der Waals surface area contributed by atoms with Crippen molar-refractivity contribution in [3.05, 3.63) is 23.7 Å². The first kappa shape index (κ1) is 17.5. The van der Waals surface area contributed by atoms with Crippen molar-refractivity contribution in [2.75, 3.05) is 6.61 Å². The van der Waals surface area contributed by atoms with Gasteiger partial charge in [0.15, 0.2) is 5.11 Å². The van der Waals surface area contributed by atoms with Crippen LogP contribution in [-0.4, -0.2) is 34.7 Å². The summed E-state index contributed by atoms with van der Waals surface area (Å²) in [5, 5.41) is 14.0. The standard InChI is InChI=1S/C13H15F3N2O4S/c1-3-21-10(19)8-9(7-5-4-6(2)22-7)17-11(23)18-12(8,20)13(14,15)16/h4-5,8-9,20H,3H2,1-2H3,(H2,17,18,23)/t8-,9-,12-/m1/s1.